The summed E-state index contributed by atoms with van der Waals surface area (Å²) in [5.74, 6) is -1.28. The summed E-state index contributed by atoms with van der Waals surface area (Å²) in [6.45, 7) is 6.93. The molecule has 2 heterocycles. The molecule has 0 aliphatic carbocycles. The van der Waals surface area contributed by atoms with E-state index in [0.717, 1.165) is 23.5 Å². The maximum absolute atomic E-state index is 13.5. The summed E-state index contributed by atoms with van der Waals surface area (Å²) in [7, 11) is 0. The Kier molecular flexibility index (Phi) is 12.6. The van der Waals surface area contributed by atoms with Crippen molar-refractivity contribution in [2.75, 3.05) is 35.4 Å². The van der Waals surface area contributed by atoms with Crippen molar-refractivity contribution < 1.29 is 37.7 Å². The van der Waals surface area contributed by atoms with Crippen molar-refractivity contribution in [3.63, 3.8) is 0 Å². The second-order valence-electron chi connectivity index (χ2n) is 10.6. The molecule has 1 aromatic heterocycles. The van der Waals surface area contributed by atoms with Crippen molar-refractivity contribution in [2.45, 2.75) is 46.2 Å². The molecule has 0 spiro atoms. The van der Waals surface area contributed by atoms with E-state index in [9.17, 15) is 18.8 Å². The normalized spacial score (nSPS) is 15.4. The lowest BCUT2D eigenvalue weighted by Crippen LogP contribution is -2.29. The van der Waals surface area contributed by atoms with Gasteiger partial charge in [0, 0.05) is 31.0 Å². The van der Waals surface area contributed by atoms with Crippen LogP contribution in [0.15, 0.2) is 48.8 Å². The van der Waals surface area contributed by atoms with Crippen LogP contribution in [0.4, 0.5) is 21.6 Å². The van der Waals surface area contributed by atoms with E-state index in [1.165, 1.54) is 32.3 Å². The van der Waals surface area contributed by atoms with Crippen LogP contribution < -0.4 is 20.1 Å². The fourth-order valence-electron chi connectivity index (χ4n) is 4.18. The summed E-state index contributed by atoms with van der Waals surface area (Å²) < 4.78 is 36.8. The Balaban J connectivity index is 1.56. The number of halogens is 2. The molecule has 1 atom stereocenters. The first kappa shape index (κ1) is 35.4. The first-order chi connectivity index (χ1) is 21.9. The Morgan fingerprint density at radius 3 is 2.46 bits per heavy atom. The van der Waals surface area contributed by atoms with Gasteiger partial charge in [0.1, 0.15) is 42.9 Å². The lowest BCUT2D eigenvalue weighted by molar-refractivity contribution is -0.141. The van der Waals surface area contributed by atoms with Crippen LogP contribution in [-0.2, 0) is 30.5 Å². The highest BCUT2D eigenvalue weighted by atomic mass is 35.5. The highest BCUT2D eigenvalue weighted by Crippen LogP contribution is 2.35. The Bertz CT molecular complexity index is 1550. The van der Waals surface area contributed by atoms with E-state index in [4.69, 9.17) is 30.5 Å². The summed E-state index contributed by atoms with van der Waals surface area (Å²) in [4.78, 5) is 45.5. The number of hydrogen-bond acceptors (Lipinski definition) is 12. The third-order valence-corrected chi connectivity index (χ3v) is 8.60. The second-order valence-corrected chi connectivity index (χ2v) is 13.4. The summed E-state index contributed by atoms with van der Waals surface area (Å²) in [5.41, 5.74) is 1.29. The van der Waals surface area contributed by atoms with Gasteiger partial charge in [-0.2, -0.15) is 4.98 Å². The van der Waals surface area contributed by atoms with Crippen LogP contribution in [0.3, 0.4) is 0 Å². The molecule has 1 aliphatic rings. The maximum Gasteiger partial charge on any atom is 0.243 e. The molecule has 1 saturated heterocycles. The monoisotopic (exact) mass is 692 g/mol. The van der Waals surface area contributed by atoms with E-state index in [0.29, 0.717) is 23.6 Å². The molecule has 2 N–H and O–H groups in total. The molecule has 0 radical (unpaired) electrons. The van der Waals surface area contributed by atoms with Gasteiger partial charge < -0.3 is 29.6 Å². The Morgan fingerprint density at radius 1 is 1.09 bits per heavy atom. The molecule has 46 heavy (non-hydrogen) atoms. The highest BCUT2D eigenvalue weighted by molar-refractivity contribution is 8.14. The molecule has 3 aromatic rings. The summed E-state index contributed by atoms with van der Waals surface area (Å²) in [6.07, 6.45) is 0.895. The predicted molar refractivity (Wildman–Crippen MR) is 176 cm³/mol. The Labute approximate surface area is 279 Å². The van der Waals surface area contributed by atoms with Crippen LogP contribution in [0.2, 0.25) is 5.02 Å². The first-order valence-corrected chi connectivity index (χ1v) is 16.5. The number of carbonyl (C=O) groups excluding carboxylic acids is 3. The third kappa shape index (κ3) is 10.8. The van der Waals surface area contributed by atoms with Crippen molar-refractivity contribution in [1.29, 1.82) is 0 Å². The number of thioether (sulfide) groups is 2. The quantitative estimate of drug-likeness (QED) is 0.198. The highest BCUT2D eigenvalue weighted by Gasteiger charge is 2.33. The fourth-order valence-corrected chi connectivity index (χ4v) is 5.98. The van der Waals surface area contributed by atoms with Crippen LogP contribution >= 0.6 is 35.1 Å². The van der Waals surface area contributed by atoms with Gasteiger partial charge in [-0.3, -0.25) is 14.4 Å². The average molecular weight is 693 g/mol. The smallest absolute Gasteiger partial charge is 0.243 e. The maximum atomic E-state index is 13.5. The number of benzene rings is 2. The van der Waals surface area contributed by atoms with E-state index in [1.807, 2.05) is 0 Å². The molecular weight excluding hydrogens is 659 g/mol. The van der Waals surface area contributed by atoms with Crippen LogP contribution in [0.5, 0.6) is 11.6 Å². The predicted octanol–water partition coefficient (Wildman–Crippen LogP) is 6.24. The van der Waals surface area contributed by atoms with Gasteiger partial charge in [-0.05, 0) is 49.7 Å². The molecule has 0 saturated carbocycles. The van der Waals surface area contributed by atoms with Gasteiger partial charge in [-0.15, -0.1) is 0 Å². The van der Waals surface area contributed by atoms with Gasteiger partial charge in [-0.1, -0.05) is 47.3 Å². The molecule has 1 aliphatic heterocycles. The summed E-state index contributed by atoms with van der Waals surface area (Å²) in [6, 6.07) is 11.0. The molecule has 0 bridgehead atoms. The number of anilines is 3. The van der Waals surface area contributed by atoms with Gasteiger partial charge in [0.25, 0.3) is 0 Å². The molecule has 4 rings (SSSR count). The number of aromatic nitrogens is 2. The van der Waals surface area contributed by atoms with E-state index in [1.54, 1.807) is 44.2 Å². The van der Waals surface area contributed by atoms with Gasteiger partial charge in [0.2, 0.25) is 11.8 Å². The topological polar surface area (TPSA) is 138 Å². The lowest BCUT2D eigenvalue weighted by Gasteiger charge is -2.20. The van der Waals surface area contributed by atoms with Gasteiger partial charge in [0.15, 0.2) is 21.8 Å². The summed E-state index contributed by atoms with van der Waals surface area (Å²) in [5, 5.41) is 5.96. The van der Waals surface area contributed by atoms with Crippen molar-refractivity contribution in [2.24, 2.45) is 5.92 Å². The van der Waals surface area contributed by atoms with Gasteiger partial charge in [0.05, 0.1) is 17.5 Å². The number of nitrogens with one attached hydrogen (secondary N) is 2. The average Bonchev–Trinajstić information content (AvgIpc) is 3.34. The second kappa shape index (κ2) is 16.4. The largest absolute Gasteiger partial charge is 0.487 e. The number of carbonyl (C=O) groups is 3. The van der Waals surface area contributed by atoms with Crippen molar-refractivity contribution >= 4 is 68.5 Å². The van der Waals surface area contributed by atoms with Gasteiger partial charge >= 0.3 is 0 Å². The van der Waals surface area contributed by atoms with E-state index in [-0.39, 0.29) is 69.3 Å². The fraction of sp³-hybridized carbons (Fsp3) is 0.387. The van der Waals surface area contributed by atoms with E-state index >= 15 is 0 Å². The van der Waals surface area contributed by atoms with Crippen LogP contribution in [0.1, 0.15) is 33.3 Å². The zero-order valence-electron chi connectivity index (χ0n) is 25.6. The van der Waals surface area contributed by atoms with Crippen molar-refractivity contribution in [3.8, 4) is 11.6 Å². The van der Waals surface area contributed by atoms with Crippen molar-refractivity contribution in [3.05, 3.63) is 65.2 Å². The molecule has 246 valence electrons. The van der Waals surface area contributed by atoms with Crippen LogP contribution in [0, 0.1) is 11.7 Å². The SMILES string of the molecule is CC(=O)SCC(CSC(C)=O)C(=O)Nc1c(Nc2ccc(OCc3cccc(F)c3)c(Cl)c2)ncnc1OC[C@H]1COC(C)(C)O1. The molecule has 2 aromatic carbocycles. The Morgan fingerprint density at radius 2 is 1.83 bits per heavy atom. The standard InChI is InChI=1S/C31H34ClFN4O7S2/c1-18(38)45-15-21(16-46-19(2)39)29(40)37-27-28(34-17-35-30(27)42-13-24-14-43-31(3,4)44-24)36-23-8-9-26(25(32)11-23)41-12-20-6-5-7-22(33)10-20/h5-11,17,21,24H,12-16H2,1-4H3,(H,37,40)(H,34,35,36)/t24-/m0/s1. The van der Waals surface area contributed by atoms with E-state index in [2.05, 4.69) is 20.6 Å². The molecule has 1 fully saturated rings. The van der Waals surface area contributed by atoms with Crippen LogP contribution in [-0.4, -0.2) is 62.7 Å². The molecule has 11 nitrogen and oxygen atoms in total. The minimum Gasteiger partial charge on any atom is -0.487 e. The summed E-state index contributed by atoms with van der Waals surface area (Å²) >= 11 is 8.50. The third-order valence-electron chi connectivity index (χ3n) is 6.36. The molecule has 0 unspecified atom stereocenters. The minimum absolute atomic E-state index is 0.0671. The number of ether oxygens (including phenoxy) is 4. The molecule has 1 amide bonds. The number of nitrogens with zero attached hydrogens (tertiary/aromatic N) is 2. The molecular formula is C31H34ClFN4O7S2. The van der Waals surface area contributed by atoms with Gasteiger partial charge in [-0.25, -0.2) is 9.37 Å². The van der Waals surface area contributed by atoms with Crippen LogP contribution in [0.25, 0.3) is 0 Å². The number of amides is 1. The number of rotatable bonds is 14. The van der Waals surface area contributed by atoms with Crippen molar-refractivity contribution in [1.82, 2.24) is 9.97 Å². The zero-order valence-corrected chi connectivity index (χ0v) is 28.0. The first-order valence-electron chi connectivity index (χ1n) is 14.2. The lowest BCUT2D eigenvalue weighted by atomic mass is 10.2. The zero-order chi connectivity index (χ0) is 33.3. The Hall–Kier alpha value is -3.43. The van der Waals surface area contributed by atoms with E-state index < -0.39 is 17.6 Å². The number of hydrogen-bond donors (Lipinski definition) is 2. The minimum atomic E-state index is -0.758. The molecule has 15 heteroatoms.